The van der Waals surface area contributed by atoms with Gasteiger partial charge in [-0.15, -0.1) is 0 Å². The van der Waals surface area contributed by atoms with Crippen molar-refractivity contribution in [1.29, 1.82) is 0 Å². The van der Waals surface area contributed by atoms with Crippen LogP contribution in [-0.2, 0) is 0 Å². The summed E-state index contributed by atoms with van der Waals surface area (Å²) in [5, 5.41) is 3.48. The van der Waals surface area contributed by atoms with Crippen molar-refractivity contribution < 1.29 is 0 Å². The molecule has 0 aliphatic heterocycles. The first kappa shape index (κ1) is 8.28. The van der Waals surface area contributed by atoms with E-state index in [-0.39, 0.29) is 0 Å². The molecule has 1 aliphatic rings. The molecule has 0 aromatic carbocycles. The summed E-state index contributed by atoms with van der Waals surface area (Å²) in [6, 6.07) is 0. The minimum absolute atomic E-state index is 1.02. The van der Waals surface area contributed by atoms with Crippen LogP contribution in [0.15, 0.2) is 0 Å². The highest BCUT2D eigenvalue weighted by Crippen LogP contribution is 2.22. The summed E-state index contributed by atoms with van der Waals surface area (Å²) in [6.45, 7) is 1.30. The van der Waals surface area contributed by atoms with E-state index in [1.807, 2.05) is 0 Å². The Balaban J connectivity index is 2.02. The first-order chi connectivity index (χ1) is 4.93. The zero-order valence-electron chi connectivity index (χ0n) is 7.03. The van der Waals surface area contributed by atoms with E-state index in [0.717, 1.165) is 5.92 Å². The maximum atomic E-state index is 3.48. The molecule has 1 nitrogen and oxygen atoms in total. The largest absolute Gasteiger partial charge is 0.320 e. The van der Waals surface area contributed by atoms with Gasteiger partial charge in [-0.25, -0.2) is 0 Å². The molecule has 0 spiro atoms. The van der Waals surface area contributed by atoms with Gasteiger partial charge in [0, 0.05) is 10.2 Å². The fraction of sp³-hybridized carbons (Fsp3) is 1.00. The number of hydrogen-bond donors (Lipinski definition) is 1. The second-order valence-electron chi connectivity index (χ2n) is 3.31. The topological polar surface area (TPSA) is 12.0 Å². The molecule has 0 amide bonds. The van der Waals surface area contributed by atoms with Gasteiger partial charge in [-0.3, -0.25) is 0 Å². The van der Waals surface area contributed by atoms with Crippen molar-refractivity contribution in [2.75, 3.05) is 12.7 Å². The van der Waals surface area contributed by atoms with Crippen molar-refractivity contribution in [3.63, 3.8) is 0 Å². The summed E-state index contributed by atoms with van der Waals surface area (Å²) in [5.41, 5.74) is 0. The Morgan fingerprint density at radius 2 is 1.90 bits per heavy atom. The molecule has 0 bridgehead atoms. The van der Waals surface area contributed by atoms with Gasteiger partial charge in [0.15, 0.2) is 0 Å². The second kappa shape index (κ2) is 4.91. The van der Waals surface area contributed by atoms with E-state index < -0.39 is 0 Å². The quantitative estimate of drug-likeness (QED) is 0.588. The average molecular weight is 157 g/mol. The summed E-state index contributed by atoms with van der Waals surface area (Å²) < 4.78 is 0. The number of rotatable bonds is 3. The van der Waals surface area contributed by atoms with E-state index in [1.165, 1.54) is 55.1 Å². The molecular formula is C8H19NSi. The highest BCUT2D eigenvalue weighted by atomic mass is 28.1. The van der Waals surface area contributed by atoms with Gasteiger partial charge in [0.2, 0.25) is 0 Å². The Kier molecular flexibility index (Phi) is 4.06. The predicted molar refractivity (Wildman–Crippen MR) is 49.4 cm³/mol. The predicted octanol–water partition coefficient (Wildman–Crippen LogP) is 0.479. The lowest BCUT2D eigenvalue weighted by Gasteiger charge is -2.21. The van der Waals surface area contributed by atoms with Crippen molar-refractivity contribution in [3.05, 3.63) is 0 Å². The van der Waals surface area contributed by atoms with Crippen LogP contribution < -0.4 is 5.32 Å². The molecule has 1 saturated carbocycles. The average Bonchev–Trinajstić information content (AvgIpc) is 2.03. The van der Waals surface area contributed by atoms with Crippen LogP contribution in [0.2, 0.25) is 0 Å². The van der Waals surface area contributed by atoms with E-state index in [4.69, 9.17) is 0 Å². The van der Waals surface area contributed by atoms with Crippen LogP contribution >= 0.6 is 0 Å². The molecule has 10 heavy (non-hydrogen) atoms. The zero-order chi connectivity index (χ0) is 7.23. The molecule has 1 aliphatic carbocycles. The molecule has 60 valence electrons. The van der Waals surface area contributed by atoms with Crippen LogP contribution in [0.1, 0.15) is 32.1 Å². The van der Waals surface area contributed by atoms with Gasteiger partial charge in [0.1, 0.15) is 0 Å². The standard InChI is InChI=1S/C8H19NSi/c10-7-9-6-8-4-2-1-3-5-8/h8-9H,1-7H2,10H3. The Hall–Kier alpha value is 0.177. The molecule has 1 N–H and O–H groups in total. The molecule has 0 radical (unpaired) electrons. The minimum Gasteiger partial charge on any atom is -0.320 e. The maximum absolute atomic E-state index is 3.48. The van der Waals surface area contributed by atoms with Crippen molar-refractivity contribution in [2.45, 2.75) is 32.1 Å². The highest BCUT2D eigenvalue weighted by molar-refractivity contribution is 6.08. The van der Waals surface area contributed by atoms with Crippen molar-refractivity contribution in [2.24, 2.45) is 5.92 Å². The molecule has 0 heterocycles. The minimum atomic E-state index is 1.02. The normalized spacial score (nSPS) is 21.6. The summed E-state index contributed by atoms with van der Waals surface area (Å²) in [5.74, 6) is 1.02. The van der Waals surface area contributed by atoms with Gasteiger partial charge in [-0.1, -0.05) is 19.3 Å². The van der Waals surface area contributed by atoms with Gasteiger partial charge in [-0.05, 0) is 31.5 Å². The van der Waals surface area contributed by atoms with E-state index in [2.05, 4.69) is 5.32 Å². The number of hydrogen-bond acceptors (Lipinski definition) is 1. The lowest BCUT2D eigenvalue weighted by molar-refractivity contribution is 0.348. The highest BCUT2D eigenvalue weighted by Gasteiger charge is 2.11. The first-order valence-corrected chi connectivity index (χ1v) is 6.05. The Morgan fingerprint density at radius 1 is 1.20 bits per heavy atom. The Morgan fingerprint density at radius 3 is 2.50 bits per heavy atom. The third kappa shape index (κ3) is 2.84. The van der Waals surface area contributed by atoms with E-state index in [0.29, 0.717) is 0 Å². The van der Waals surface area contributed by atoms with Crippen LogP contribution in [0, 0.1) is 5.92 Å². The third-order valence-corrected chi connectivity index (χ3v) is 2.91. The zero-order valence-corrected chi connectivity index (χ0v) is 9.03. The molecule has 0 aromatic rings. The molecule has 2 heteroatoms. The molecule has 1 fully saturated rings. The van der Waals surface area contributed by atoms with Crippen LogP contribution in [0.4, 0.5) is 0 Å². The molecule has 1 rings (SSSR count). The van der Waals surface area contributed by atoms with Crippen LogP contribution in [-0.4, -0.2) is 23.0 Å². The van der Waals surface area contributed by atoms with Crippen LogP contribution in [0.25, 0.3) is 0 Å². The van der Waals surface area contributed by atoms with Crippen molar-refractivity contribution in [1.82, 2.24) is 5.32 Å². The smallest absolute Gasteiger partial charge is 0.0201 e. The molecule has 0 atom stereocenters. The SMILES string of the molecule is [SiH3]CNCC1CCCCC1. The lowest BCUT2D eigenvalue weighted by atomic mass is 9.89. The fourth-order valence-electron chi connectivity index (χ4n) is 1.74. The van der Waals surface area contributed by atoms with Gasteiger partial charge in [0.05, 0.1) is 0 Å². The van der Waals surface area contributed by atoms with Gasteiger partial charge in [-0.2, -0.15) is 0 Å². The maximum Gasteiger partial charge on any atom is 0.0201 e. The second-order valence-corrected chi connectivity index (χ2v) is 4.02. The summed E-state index contributed by atoms with van der Waals surface area (Å²) in [6.07, 6.45) is 8.68. The summed E-state index contributed by atoms with van der Waals surface area (Å²) in [4.78, 5) is 0. The third-order valence-electron chi connectivity index (χ3n) is 2.41. The van der Waals surface area contributed by atoms with Gasteiger partial charge >= 0.3 is 0 Å². The molecule has 0 saturated heterocycles. The van der Waals surface area contributed by atoms with Crippen LogP contribution in [0.5, 0.6) is 0 Å². The molecule has 0 aromatic heterocycles. The summed E-state index contributed by atoms with van der Waals surface area (Å²) >= 11 is 0. The van der Waals surface area contributed by atoms with E-state index in [9.17, 15) is 0 Å². The Labute approximate surface area is 67.0 Å². The van der Waals surface area contributed by atoms with E-state index in [1.54, 1.807) is 0 Å². The molecule has 0 unspecified atom stereocenters. The van der Waals surface area contributed by atoms with Crippen molar-refractivity contribution in [3.8, 4) is 0 Å². The molecular weight excluding hydrogens is 138 g/mol. The van der Waals surface area contributed by atoms with E-state index >= 15 is 0 Å². The Bertz CT molecular complexity index is 79.3. The lowest BCUT2D eigenvalue weighted by Crippen LogP contribution is -2.25. The monoisotopic (exact) mass is 157 g/mol. The first-order valence-electron chi connectivity index (χ1n) is 4.64. The van der Waals surface area contributed by atoms with Gasteiger partial charge < -0.3 is 5.32 Å². The summed E-state index contributed by atoms with van der Waals surface area (Å²) in [7, 11) is 1.31. The van der Waals surface area contributed by atoms with Crippen molar-refractivity contribution >= 4 is 10.2 Å². The van der Waals surface area contributed by atoms with Gasteiger partial charge in [0.25, 0.3) is 0 Å². The van der Waals surface area contributed by atoms with Crippen LogP contribution in [0.3, 0.4) is 0 Å². The fourth-order valence-corrected chi connectivity index (χ4v) is 2.03. The number of nitrogens with one attached hydrogen (secondary N) is 1.